The summed E-state index contributed by atoms with van der Waals surface area (Å²) in [5.41, 5.74) is 0. The summed E-state index contributed by atoms with van der Waals surface area (Å²) < 4.78 is 1.48. The fraction of sp³-hybridized carbons (Fsp3) is 0.200. The number of hydrogen-bond donors (Lipinski definition) is 2. The second-order valence-corrected chi connectivity index (χ2v) is 2.94. The maximum absolute atomic E-state index is 9.67. The van der Waals surface area contributed by atoms with E-state index in [4.69, 9.17) is 0 Å². The average molecular weight is 177 g/mol. The lowest BCUT2D eigenvalue weighted by molar-refractivity contribution is 0.377. The molecule has 13 heavy (non-hydrogen) atoms. The van der Waals surface area contributed by atoms with Crippen molar-refractivity contribution in [1.29, 1.82) is 0 Å². The molecule has 0 aliphatic rings. The van der Waals surface area contributed by atoms with Gasteiger partial charge in [0.05, 0.1) is 0 Å². The van der Waals surface area contributed by atoms with Crippen LogP contribution in [0.15, 0.2) is 24.3 Å². The second kappa shape index (κ2) is 2.69. The third-order valence-electron chi connectivity index (χ3n) is 2.24. The zero-order chi connectivity index (χ0) is 9.42. The van der Waals surface area contributed by atoms with E-state index in [0.29, 0.717) is 17.3 Å². The van der Waals surface area contributed by atoms with E-state index < -0.39 is 0 Å². The molecule has 0 aliphatic carbocycles. The maximum Gasteiger partial charge on any atom is 0.202 e. The largest absolute Gasteiger partial charge is 0.494 e. The molecule has 0 unspecified atom stereocenters. The van der Waals surface area contributed by atoms with E-state index in [1.165, 1.54) is 4.57 Å². The van der Waals surface area contributed by atoms with Gasteiger partial charge in [0.2, 0.25) is 11.8 Å². The molecule has 0 amide bonds. The minimum absolute atomic E-state index is 0.135. The fourth-order valence-corrected chi connectivity index (χ4v) is 1.56. The summed E-state index contributed by atoms with van der Waals surface area (Å²) in [6.07, 6.45) is 0. The van der Waals surface area contributed by atoms with E-state index in [-0.39, 0.29) is 11.8 Å². The maximum atomic E-state index is 9.67. The molecular weight excluding hydrogens is 166 g/mol. The molecule has 0 spiro atoms. The molecule has 0 saturated carbocycles. The average Bonchev–Trinajstić information content (AvgIpc) is 2.41. The Morgan fingerprint density at radius 2 is 1.54 bits per heavy atom. The van der Waals surface area contributed by atoms with Crippen molar-refractivity contribution in [2.75, 3.05) is 0 Å². The molecule has 1 aromatic heterocycles. The Kier molecular flexibility index (Phi) is 1.65. The van der Waals surface area contributed by atoms with Gasteiger partial charge < -0.3 is 10.2 Å². The SMILES string of the molecule is CCn1c(O)c2ccccc2c1O. The normalized spacial score (nSPS) is 10.8. The van der Waals surface area contributed by atoms with Crippen LogP contribution in [0.5, 0.6) is 11.8 Å². The molecule has 0 atom stereocenters. The van der Waals surface area contributed by atoms with Gasteiger partial charge in [0.25, 0.3) is 0 Å². The molecule has 0 fully saturated rings. The quantitative estimate of drug-likeness (QED) is 0.700. The van der Waals surface area contributed by atoms with E-state index in [9.17, 15) is 10.2 Å². The zero-order valence-electron chi connectivity index (χ0n) is 7.36. The molecule has 0 saturated heterocycles. The highest BCUT2D eigenvalue weighted by Crippen LogP contribution is 2.35. The molecule has 0 radical (unpaired) electrons. The van der Waals surface area contributed by atoms with Gasteiger partial charge in [-0.05, 0) is 19.1 Å². The highest BCUT2D eigenvalue weighted by Gasteiger charge is 2.12. The minimum atomic E-state index is 0.135. The summed E-state index contributed by atoms with van der Waals surface area (Å²) in [5, 5.41) is 20.7. The minimum Gasteiger partial charge on any atom is -0.494 e. The highest BCUT2D eigenvalue weighted by molar-refractivity contribution is 5.92. The summed E-state index contributed by atoms with van der Waals surface area (Å²) >= 11 is 0. The number of aromatic nitrogens is 1. The van der Waals surface area contributed by atoms with Crippen molar-refractivity contribution >= 4 is 10.8 Å². The molecule has 0 aliphatic heterocycles. The third-order valence-corrected chi connectivity index (χ3v) is 2.24. The predicted molar refractivity (Wildman–Crippen MR) is 50.9 cm³/mol. The van der Waals surface area contributed by atoms with E-state index in [0.717, 1.165) is 0 Å². The lowest BCUT2D eigenvalue weighted by Crippen LogP contribution is -1.90. The van der Waals surface area contributed by atoms with E-state index in [2.05, 4.69) is 0 Å². The van der Waals surface area contributed by atoms with Crippen LogP contribution < -0.4 is 0 Å². The Morgan fingerprint density at radius 1 is 1.08 bits per heavy atom. The molecule has 1 aromatic carbocycles. The lowest BCUT2D eigenvalue weighted by atomic mass is 10.2. The highest BCUT2D eigenvalue weighted by atomic mass is 16.3. The van der Waals surface area contributed by atoms with Gasteiger partial charge >= 0.3 is 0 Å². The molecule has 3 heteroatoms. The standard InChI is InChI=1S/C10H11NO2/c1-2-11-9(12)7-5-3-4-6-8(7)10(11)13/h3-6,12-13H,2H2,1H3. The monoisotopic (exact) mass is 177 g/mol. The summed E-state index contributed by atoms with van der Waals surface area (Å²) in [4.78, 5) is 0. The van der Waals surface area contributed by atoms with Crippen LogP contribution in [-0.2, 0) is 6.54 Å². The molecule has 68 valence electrons. The first-order valence-corrected chi connectivity index (χ1v) is 4.25. The summed E-state index contributed by atoms with van der Waals surface area (Å²) in [6, 6.07) is 7.25. The van der Waals surface area contributed by atoms with Crippen LogP contribution in [0, 0.1) is 0 Å². The van der Waals surface area contributed by atoms with Crippen molar-refractivity contribution in [3.05, 3.63) is 24.3 Å². The van der Waals surface area contributed by atoms with Crippen LogP contribution in [0.1, 0.15) is 6.92 Å². The van der Waals surface area contributed by atoms with Crippen molar-refractivity contribution in [1.82, 2.24) is 4.57 Å². The smallest absolute Gasteiger partial charge is 0.202 e. The van der Waals surface area contributed by atoms with Crippen molar-refractivity contribution < 1.29 is 10.2 Å². The molecule has 1 heterocycles. The molecule has 2 N–H and O–H groups in total. The van der Waals surface area contributed by atoms with E-state index >= 15 is 0 Å². The Bertz CT molecular complexity index is 406. The molecule has 0 bridgehead atoms. The Morgan fingerprint density at radius 3 is 1.92 bits per heavy atom. The van der Waals surface area contributed by atoms with Crippen molar-refractivity contribution in [3.63, 3.8) is 0 Å². The summed E-state index contributed by atoms with van der Waals surface area (Å²) in [5.74, 6) is 0.270. The number of nitrogens with zero attached hydrogens (tertiary/aromatic N) is 1. The topological polar surface area (TPSA) is 45.4 Å². The number of aromatic hydroxyl groups is 2. The third kappa shape index (κ3) is 0.967. The van der Waals surface area contributed by atoms with E-state index in [1.807, 2.05) is 19.1 Å². The van der Waals surface area contributed by atoms with Gasteiger partial charge in [0, 0.05) is 17.3 Å². The van der Waals surface area contributed by atoms with E-state index in [1.54, 1.807) is 12.1 Å². The van der Waals surface area contributed by atoms with Crippen LogP contribution in [0.4, 0.5) is 0 Å². The first kappa shape index (κ1) is 7.98. The molecule has 2 aromatic rings. The predicted octanol–water partition coefficient (Wildman–Crippen LogP) is 2.07. The lowest BCUT2D eigenvalue weighted by Gasteiger charge is -2.00. The van der Waals surface area contributed by atoms with Gasteiger partial charge in [-0.25, -0.2) is 0 Å². The zero-order valence-corrected chi connectivity index (χ0v) is 7.36. The van der Waals surface area contributed by atoms with Gasteiger partial charge in [0.15, 0.2) is 0 Å². The van der Waals surface area contributed by atoms with Crippen LogP contribution in [0.25, 0.3) is 10.8 Å². The molecular formula is C10H11NO2. The number of hydrogen-bond acceptors (Lipinski definition) is 2. The van der Waals surface area contributed by atoms with Gasteiger partial charge in [-0.1, -0.05) is 12.1 Å². The van der Waals surface area contributed by atoms with Gasteiger partial charge in [0.1, 0.15) is 0 Å². The second-order valence-electron chi connectivity index (χ2n) is 2.94. The Labute approximate surface area is 75.9 Å². The first-order chi connectivity index (χ1) is 6.25. The van der Waals surface area contributed by atoms with Crippen LogP contribution in [-0.4, -0.2) is 14.8 Å². The van der Waals surface area contributed by atoms with Crippen LogP contribution in [0.3, 0.4) is 0 Å². The number of fused-ring (bicyclic) bond motifs is 1. The fourth-order valence-electron chi connectivity index (χ4n) is 1.56. The van der Waals surface area contributed by atoms with Crippen LogP contribution >= 0.6 is 0 Å². The van der Waals surface area contributed by atoms with Gasteiger partial charge in [-0.3, -0.25) is 4.57 Å². The first-order valence-electron chi connectivity index (χ1n) is 4.25. The van der Waals surface area contributed by atoms with Crippen LogP contribution in [0.2, 0.25) is 0 Å². The van der Waals surface area contributed by atoms with Crippen molar-refractivity contribution in [3.8, 4) is 11.8 Å². The summed E-state index contributed by atoms with van der Waals surface area (Å²) in [7, 11) is 0. The van der Waals surface area contributed by atoms with Gasteiger partial charge in [-0.2, -0.15) is 0 Å². The Balaban J connectivity index is 2.88. The van der Waals surface area contributed by atoms with Crippen molar-refractivity contribution in [2.45, 2.75) is 13.5 Å². The number of rotatable bonds is 1. The number of benzene rings is 1. The Hall–Kier alpha value is -1.64. The molecule has 2 rings (SSSR count). The molecule has 3 nitrogen and oxygen atoms in total. The summed E-state index contributed by atoms with van der Waals surface area (Å²) in [6.45, 7) is 2.44. The van der Waals surface area contributed by atoms with Crippen molar-refractivity contribution in [2.24, 2.45) is 0 Å². The van der Waals surface area contributed by atoms with Gasteiger partial charge in [-0.15, -0.1) is 0 Å².